The van der Waals surface area contributed by atoms with Crippen molar-refractivity contribution in [1.29, 1.82) is 5.26 Å². The van der Waals surface area contributed by atoms with E-state index < -0.39 is 0 Å². The number of fused-ring (bicyclic) bond motifs is 1. The van der Waals surface area contributed by atoms with E-state index in [0.717, 1.165) is 28.3 Å². The number of aromatic nitrogens is 1. The molecule has 0 unspecified atom stereocenters. The minimum Gasteiger partial charge on any atom is -0.497 e. The number of hydrogen-bond acceptors (Lipinski definition) is 7. The lowest BCUT2D eigenvalue weighted by Gasteiger charge is -2.04. The van der Waals surface area contributed by atoms with E-state index in [2.05, 4.69) is 15.3 Å². The third-order valence-corrected chi connectivity index (χ3v) is 4.15. The second-order valence-corrected chi connectivity index (χ2v) is 5.61. The van der Waals surface area contributed by atoms with E-state index in [1.165, 1.54) is 11.3 Å². The van der Waals surface area contributed by atoms with Gasteiger partial charge >= 0.3 is 0 Å². The van der Waals surface area contributed by atoms with Gasteiger partial charge in [-0.3, -0.25) is 10.3 Å². The number of ether oxygens (including phenoxy) is 1. The fourth-order valence-corrected chi connectivity index (χ4v) is 2.97. The van der Waals surface area contributed by atoms with Gasteiger partial charge in [0.15, 0.2) is 11.3 Å². The average Bonchev–Trinajstić information content (AvgIpc) is 3.00. The summed E-state index contributed by atoms with van der Waals surface area (Å²) in [6, 6.07) is 5.67. The molecule has 6 nitrogen and oxygen atoms in total. The van der Waals surface area contributed by atoms with Gasteiger partial charge in [-0.1, -0.05) is 11.3 Å². The van der Waals surface area contributed by atoms with Crippen molar-refractivity contribution in [1.82, 2.24) is 4.98 Å². The molecule has 1 aromatic heterocycles. The maximum Gasteiger partial charge on any atom is 0.231 e. The van der Waals surface area contributed by atoms with Crippen LogP contribution in [-0.4, -0.2) is 22.9 Å². The highest BCUT2D eigenvalue weighted by Gasteiger charge is 2.20. The summed E-state index contributed by atoms with van der Waals surface area (Å²) in [4.78, 5) is 8.96. The molecule has 110 valence electrons. The first kappa shape index (κ1) is 14.1. The molecule has 1 aliphatic rings. The van der Waals surface area contributed by atoms with E-state index in [1.54, 1.807) is 13.3 Å². The van der Waals surface area contributed by atoms with Gasteiger partial charge in [-0.25, -0.2) is 0 Å². The van der Waals surface area contributed by atoms with Crippen LogP contribution in [0, 0.1) is 11.5 Å². The van der Waals surface area contributed by atoms with Gasteiger partial charge in [0.1, 0.15) is 5.75 Å². The lowest BCUT2D eigenvalue weighted by atomic mass is 10.0. The van der Waals surface area contributed by atoms with Crippen molar-refractivity contribution in [2.75, 3.05) is 12.4 Å². The molecule has 2 N–H and O–H groups in total. The summed E-state index contributed by atoms with van der Waals surface area (Å²) in [6.45, 7) is 1.91. The summed E-state index contributed by atoms with van der Waals surface area (Å²) in [5, 5.41) is 21.3. The fourth-order valence-electron chi connectivity index (χ4n) is 2.22. The molecule has 1 aliphatic heterocycles. The van der Waals surface area contributed by atoms with Crippen molar-refractivity contribution in [3.05, 3.63) is 28.6 Å². The molecule has 0 bridgehead atoms. The van der Waals surface area contributed by atoms with Gasteiger partial charge in [0, 0.05) is 16.8 Å². The molecule has 0 atom stereocenters. The summed E-state index contributed by atoms with van der Waals surface area (Å²) in [5.41, 5.74) is 3.56. The third-order valence-electron chi connectivity index (χ3n) is 3.24. The molecule has 2 heterocycles. The molecule has 22 heavy (non-hydrogen) atoms. The van der Waals surface area contributed by atoms with Gasteiger partial charge in [0.2, 0.25) is 5.88 Å². The number of aromatic hydroxyl groups is 1. The molecule has 0 fully saturated rings. The van der Waals surface area contributed by atoms with Gasteiger partial charge in [-0.15, -0.1) is 0 Å². The molecule has 2 aromatic rings. The Morgan fingerprint density at radius 1 is 1.45 bits per heavy atom. The van der Waals surface area contributed by atoms with Gasteiger partial charge in [0.05, 0.1) is 17.7 Å². The fraction of sp³-hybridized carbons (Fsp3) is 0.133. The van der Waals surface area contributed by atoms with Crippen LogP contribution in [-0.2, 0) is 0 Å². The van der Waals surface area contributed by atoms with E-state index in [0.29, 0.717) is 10.0 Å². The Hall–Kier alpha value is -2.85. The molecule has 0 aliphatic carbocycles. The molecular weight excluding hydrogens is 300 g/mol. The monoisotopic (exact) mass is 312 g/mol. The van der Waals surface area contributed by atoms with E-state index in [9.17, 15) is 5.11 Å². The minimum atomic E-state index is -0.112. The smallest absolute Gasteiger partial charge is 0.231 e. The second kappa shape index (κ2) is 5.50. The van der Waals surface area contributed by atoms with Gasteiger partial charge in [0.25, 0.3) is 0 Å². The van der Waals surface area contributed by atoms with E-state index in [1.807, 2.05) is 31.2 Å². The van der Waals surface area contributed by atoms with Crippen molar-refractivity contribution in [2.24, 2.45) is 4.99 Å². The van der Waals surface area contributed by atoms with Crippen LogP contribution in [0.1, 0.15) is 17.4 Å². The zero-order valence-corrected chi connectivity index (χ0v) is 12.7. The Kier molecular flexibility index (Phi) is 3.53. The number of hydrogen-bond donors (Lipinski definition) is 2. The number of methoxy groups -OCH3 is 1. The molecule has 1 aromatic carbocycles. The molecule has 3 rings (SSSR count). The number of thiazole rings is 1. The molecule has 0 saturated heterocycles. The standard InChI is InChI=1S/C15H12N4O2S/c1-8-10(6-13-14(20)19-15(22-13)17-7-16)11-5-9(21-2)3-4-12(11)18-8/h3-6,20H,1-2H3,(H,17,19)/b10-6+. The van der Waals surface area contributed by atoms with Crippen LogP contribution in [0.3, 0.4) is 0 Å². The van der Waals surface area contributed by atoms with Crippen LogP contribution in [0.25, 0.3) is 11.6 Å². The Balaban J connectivity index is 2.06. The number of allylic oxidation sites excluding steroid dienone is 1. The highest BCUT2D eigenvalue weighted by Crippen LogP contribution is 2.40. The van der Waals surface area contributed by atoms with E-state index in [4.69, 9.17) is 10.00 Å². The number of benzene rings is 1. The summed E-state index contributed by atoms with van der Waals surface area (Å²) < 4.78 is 5.25. The highest BCUT2D eigenvalue weighted by atomic mass is 32.1. The number of anilines is 1. The average molecular weight is 312 g/mol. The quantitative estimate of drug-likeness (QED) is 0.669. The number of aliphatic imine (C=N–C) groups is 1. The minimum absolute atomic E-state index is 0.112. The van der Waals surface area contributed by atoms with Crippen LogP contribution in [0.5, 0.6) is 11.6 Å². The maximum absolute atomic E-state index is 9.89. The van der Waals surface area contributed by atoms with Crippen LogP contribution in [0.4, 0.5) is 10.8 Å². The number of nitrogens with one attached hydrogen (secondary N) is 1. The molecule has 0 spiro atoms. The number of nitriles is 1. The van der Waals surface area contributed by atoms with Crippen molar-refractivity contribution >= 4 is 39.5 Å². The van der Waals surface area contributed by atoms with Crippen molar-refractivity contribution in [3.63, 3.8) is 0 Å². The lowest BCUT2D eigenvalue weighted by molar-refractivity contribution is 0.415. The zero-order valence-electron chi connectivity index (χ0n) is 11.9. The van der Waals surface area contributed by atoms with Crippen LogP contribution in [0.15, 0.2) is 23.2 Å². The van der Waals surface area contributed by atoms with Crippen molar-refractivity contribution in [3.8, 4) is 17.8 Å². The van der Waals surface area contributed by atoms with Gasteiger partial charge < -0.3 is 9.84 Å². The molecule has 7 heteroatoms. The normalized spacial score (nSPS) is 14.4. The van der Waals surface area contributed by atoms with E-state index in [-0.39, 0.29) is 5.88 Å². The van der Waals surface area contributed by atoms with Crippen LogP contribution < -0.4 is 10.1 Å². The highest BCUT2D eigenvalue weighted by molar-refractivity contribution is 7.16. The molecular formula is C15H12N4O2S. The third kappa shape index (κ3) is 2.40. The zero-order chi connectivity index (χ0) is 15.7. The Labute approximate surface area is 131 Å². The Bertz CT molecular complexity index is 846. The Morgan fingerprint density at radius 3 is 3.00 bits per heavy atom. The summed E-state index contributed by atoms with van der Waals surface area (Å²) in [7, 11) is 1.61. The van der Waals surface area contributed by atoms with Crippen LogP contribution in [0.2, 0.25) is 0 Å². The van der Waals surface area contributed by atoms with Crippen molar-refractivity contribution in [2.45, 2.75) is 6.92 Å². The number of nitrogens with zero attached hydrogens (tertiary/aromatic N) is 3. The molecule has 0 radical (unpaired) electrons. The predicted octanol–water partition coefficient (Wildman–Crippen LogP) is 3.40. The van der Waals surface area contributed by atoms with Gasteiger partial charge in [-0.2, -0.15) is 10.2 Å². The maximum atomic E-state index is 9.89. The van der Waals surface area contributed by atoms with Crippen LogP contribution >= 0.6 is 11.3 Å². The molecule has 0 saturated carbocycles. The first-order valence-electron chi connectivity index (χ1n) is 6.43. The Morgan fingerprint density at radius 2 is 2.27 bits per heavy atom. The van der Waals surface area contributed by atoms with Crippen molar-refractivity contribution < 1.29 is 9.84 Å². The molecule has 0 amide bonds. The SMILES string of the molecule is COc1ccc2c(c1)/C(=C/c1sc(NC#N)nc1O)C(C)=N2. The largest absolute Gasteiger partial charge is 0.497 e. The summed E-state index contributed by atoms with van der Waals surface area (Å²) in [6.07, 6.45) is 3.60. The topological polar surface area (TPSA) is 90.5 Å². The first-order chi connectivity index (χ1) is 10.6. The summed E-state index contributed by atoms with van der Waals surface area (Å²) >= 11 is 1.20. The second-order valence-electron chi connectivity index (χ2n) is 4.58. The first-order valence-corrected chi connectivity index (χ1v) is 7.24. The lowest BCUT2D eigenvalue weighted by Crippen LogP contribution is -1.90. The van der Waals surface area contributed by atoms with E-state index >= 15 is 0 Å². The predicted molar refractivity (Wildman–Crippen MR) is 86.6 cm³/mol. The number of rotatable bonds is 3. The van der Waals surface area contributed by atoms with Gasteiger partial charge in [-0.05, 0) is 31.2 Å². The summed E-state index contributed by atoms with van der Waals surface area (Å²) in [5.74, 6) is 0.634.